The summed E-state index contributed by atoms with van der Waals surface area (Å²) in [6.07, 6.45) is -11.2. The van der Waals surface area contributed by atoms with Crippen molar-refractivity contribution >= 4 is 39.1 Å². The van der Waals surface area contributed by atoms with Gasteiger partial charge in [0.25, 0.3) is 0 Å². The molecular weight excluding hydrogens is 488 g/mol. The average molecular weight is 494 g/mol. The van der Waals surface area contributed by atoms with Crippen LogP contribution in [-0.4, -0.2) is 47.7 Å². The van der Waals surface area contributed by atoms with Gasteiger partial charge in [-0.3, -0.25) is 0 Å². The van der Waals surface area contributed by atoms with E-state index in [1.807, 2.05) is 0 Å². The van der Waals surface area contributed by atoms with Crippen LogP contribution in [-0.2, 0) is 9.47 Å². The molecule has 0 aromatic rings. The van der Waals surface area contributed by atoms with Gasteiger partial charge in [0.05, 0.1) is 0 Å². The van der Waals surface area contributed by atoms with E-state index in [1.54, 1.807) is 0 Å². The molecule has 2 nitrogen and oxygen atoms in total. The van der Waals surface area contributed by atoms with Crippen molar-refractivity contribution in [1.29, 1.82) is 0 Å². The Hall–Kier alpha value is 0.210. The molecule has 0 spiro atoms. The molecular formula is C8H6BrCl2F11O2. The van der Waals surface area contributed by atoms with Crippen molar-refractivity contribution in [3.63, 3.8) is 0 Å². The summed E-state index contributed by atoms with van der Waals surface area (Å²) in [5, 5.41) is -8.90. The molecule has 0 radical (unpaired) electrons. The van der Waals surface area contributed by atoms with Crippen LogP contribution < -0.4 is 0 Å². The Balaban J connectivity index is 0. The molecule has 0 N–H and O–H groups in total. The maximum absolute atomic E-state index is 12.4. The van der Waals surface area contributed by atoms with Gasteiger partial charge in [-0.2, -0.15) is 48.3 Å². The van der Waals surface area contributed by atoms with Crippen LogP contribution in [0.4, 0.5) is 48.3 Å². The van der Waals surface area contributed by atoms with Crippen molar-refractivity contribution in [2.45, 2.75) is 33.5 Å². The Kier molecular flexibility index (Phi) is 8.64. The molecule has 0 aliphatic heterocycles. The first-order valence-corrected chi connectivity index (χ1v) is 6.42. The molecule has 0 rings (SSSR count). The van der Waals surface area contributed by atoms with Crippen LogP contribution in [0.25, 0.3) is 0 Å². The summed E-state index contributed by atoms with van der Waals surface area (Å²) in [6, 6.07) is 0. The minimum Gasteiger partial charge on any atom is -0.349 e. The molecule has 0 amide bonds. The molecule has 0 saturated carbocycles. The highest BCUT2D eigenvalue weighted by Crippen LogP contribution is 2.50. The zero-order valence-electron chi connectivity index (χ0n) is 11.1. The summed E-state index contributed by atoms with van der Waals surface area (Å²) in [4.78, 5) is -4.81. The highest BCUT2D eigenvalue weighted by molar-refractivity contribution is 9.10. The van der Waals surface area contributed by atoms with Crippen molar-refractivity contribution < 1.29 is 57.8 Å². The standard InChI is InChI=1S/C4H3BrF6O.C4H3Cl2F5O/c1-12-2(6,3(5,7)8)4(9,10)11;1-12-2(5,3(6,7)8)4(9,10)11/h2*1H3. The zero-order valence-corrected chi connectivity index (χ0v) is 14.2. The summed E-state index contributed by atoms with van der Waals surface area (Å²) < 4.78 is 137. The van der Waals surface area contributed by atoms with Gasteiger partial charge in [-0.15, -0.1) is 0 Å². The van der Waals surface area contributed by atoms with Gasteiger partial charge in [0.1, 0.15) is 0 Å². The zero-order chi connectivity index (χ0) is 20.4. The molecule has 148 valence electrons. The van der Waals surface area contributed by atoms with Gasteiger partial charge >= 0.3 is 33.5 Å². The van der Waals surface area contributed by atoms with Crippen LogP contribution in [0.1, 0.15) is 0 Å². The van der Waals surface area contributed by atoms with E-state index in [9.17, 15) is 48.3 Å². The van der Waals surface area contributed by atoms with Gasteiger partial charge in [0, 0.05) is 14.2 Å². The molecule has 16 heteroatoms. The molecule has 24 heavy (non-hydrogen) atoms. The predicted octanol–water partition coefficient (Wildman–Crippen LogP) is 5.81. The second-order valence-electron chi connectivity index (χ2n) is 3.59. The number of hydrogen-bond acceptors (Lipinski definition) is 2. The van der Waals surface area contributed by atoms with Crippen LogP contribution in [0.5, 0.6) is 0 Å². The van der Waals surface area contributed by atoms with Gasteiger partial charge in [0.2, 0.25) is 0 Å². The number of methoxy groups -OCH3 is 2. The van der Waals surface area contributed by atoms with Crippen molar-refractivity contribution in [3.05, 3.63) is 0 Å². The maximum Gasteiger partial charge on any atom is 0.456 e. The topological polar surface area (TPSA) is 18.5 Å². The van der Waals surface area contributed by atoms with Gasteiger partial charge < -0.3 is 9.47 Å². The van der Waals surface area contributed by atoms with E-state index in [-0.39, 0.29) is 7.11 Å². The number of halogens is 14. The Labute approximate surface area is 145 Å². The summed E-state index contributed by atoms with van der Waals surface area (Å²) in [6.45, 7) is 0. The van der Waals surface area contributed by atoms with Crippen LogP contribution in [0.15, 0.2) is 0 Å². The molecule has 0 aliphatic rings. The van der Waals surface area contributed by atoms with E-state index in [4.69, 9.17) is 0 Å². The van der Waals surface area contributed by atoms with E-state index in [1.165, 1.54) is 15.9 Å². The quantitative estimate of drug-likeness (QED) is 0.363. The Morgan fingerprint density at radius 1 is 0.667 bits per heavy atom. The van der Waals surface area contributed by atoms with Crippen molar-refractivity contribution in [3.8, 4) is 0 Å². The average Bonchev–Trinajstić information content (AvgIpc) is 2.31. The fourth-order valence-corrected chi connectivity index (χ4v) is 1.36. The molecule has 2 unspecified atom stereocenters. The largest absolute Gasteiger partial charge is 0.456 e. The lowest BCUT2D eigenvalue weighted by molar-refractivity contribution is -0.369. The summed E-state index contributed by atoms with van der Waals surface area (Å²) >= 11 is 9.81. The number of ether oxygens (including phenoxy) is 2. The second kappa shape index (κ2) is 7.84. The number of alkyl halides is 14. The summed E-state index contributed by atoms with van der Waals surface area (Å²) in [5.41, 5.74) is 0. The molecule has 0 aliphatic carbocycles. The Morgan fingerprint density at radius 3 is 1.00 bits per heavy atom. The first-order valence-electron chi connectivity index (χ1n) is 4.87. The van der Waals surface area contributed by atoms with E-state index in [0.717, 1.165) is 0 Å². The highest BCUT2D eigenvalue weighted by Gasteiger charge is 2.72. The van der Waals surface area contributed by atoms with Gasteiger partial charge in [-0.1, -0.05) is 11.6 Å². The first-order chi connectivity index (χ1) is 10.1. The lowest BCUT2D eigenvalue weighted by Gasteiger charge is -2.30. The minimum absolute atomic E-state index is 0.197. The van der Waals surface area contributed by atoms with Crippen molar-refractivity contribution in [2.75, 3.05) is 14.2 Å². The fraction of sp³-hybridized carbons (Fsp3) is 1.00. The lowest BCUT2D eigenvalue weighted by Crippen LogP contribution is -2.53. The third-order valence-corrected chi connectivity index (χ3v) is 3.50. The molecule has 0 aromatic heterocycles. The van der Waals surface area contributed by atoms with Crippen LogP contribution in [0.2, 0.25) is 0 Å². The normalized spacial score (nSPS) is 19.0. The number of hydrogen-bond donors (Lipinski definition) is 0. The molecule has 2 atom stereocenters. The molecule has 0 aromatic carbocycles. The molecule has 0 fully saturated rings. The van der Waals surface area contributed by atoms with E-state index in [0.29, 0.717) is 7.11 Å². The van der Waals surface area contributed by atoms with E-state index in [2.05, 4.69) is 32.7 Å². The monoisotopic (exact) mass is 492 g/mol. The predicted molar refractivity (Wildman–Crippen MR) is 63.2 cm³/mol. The molecule has 0 heterocycles. The van der Waals surface area contributed by atoms with Crippen LogP contribution in [0.3, 0.4) is 0 Å². The van der Waals surface area contributed by atoms with Crippen LogP contribution >= 0.6 is 39.1 Å². The van der Waals surface area contributed by atoms with Gasteiger partial charge in [0.15, 0.2) is 0 Å². The summed E-state index contributed by atoms with van der Waals surface area (Å²) in [5.74, 6) is -5.00. The van der Waals surface area contributed by atoms with E-state index < -0.39 is 33.5 Å². The fourth-order valence-electron chi connectivity index (χ4n) is 0.784. The molecule has 0 saturated heterocycles. The van der Waals surface area contributed by atoms with Crippen molar-refractivity contribution in [1.82, 2.24) is 0 Å². The van der Waals surface area contributed by atoms with Gasteiger partial charge in [-0.05, 0) is 27.5 Å². The first kappa shape index (κ1) is 26.4. The van der Waals surface area contributed by atoms with Crippen LogP contribution in [0, 0.1) is 0 Å². The molecule has 0 bridgehead atoms. The minimum atomic E-state index is -5.80. The Morgan fingerprint density at radius 2 is 1.00 bits per heavy atom. The third kappa shape index (κ3) is 5.61. The Bertz CT molecular complexity index is 335. The second-order valence-corrected chi connectivity index (χ2v) is 5.59. The summed E-state index contributed by atoms with van der Waals surface area (Å²) in [7, 11) is 0.583. The number of rotatable bonds is 4. The van der Waals surface area contributed by atoms with Gasteiger partial charge in [-0.25, -0.2) is 0 Å². The third-order valence-electron chi connectivity index (χ3n) is 2.02. The lowest BCUT2D eigenvalue weighted by atomic mass is 10.3. The SMILES string of the molecule is COC(Cl)(C(F)(F)F)C(F)(F)Cl.COC(F)(C(F)(F)F)C(F)(F)Br. The van der Waals surface area contributed by atoms with E-state index >= 15 is 0 Å². The van der Waals surface area contributed by atoms with Crippen molar-refractivity contribution in [2.24, 2.45) is 0 Å². The maximum atomic E-state index is 12.4. The highest BCUT2D eigenvalue weighted by atomic mass is 79.9. The smallest absolute Gasteiger partial charge is 0.349 e.